The molecule has 128 valence electrons. The van der Waals surface area contributed by atoms with Gasteiger partial charge in [0.25, 0.3) is 5.56 Å². The van der Waals surface area contributed by atoms with E-state index in [1.54, 1.807) is 17.0 Å². The number of hydrogen-bond donors (Lipinski definition) is 1. The van der Waals surface area contributed by atoms with E-state index >= 15 is 0 Å². The molecule has 3 rings (SSSR count). The molecule has 0 spiro atoms. The van der Waals surface area contributed by atoms with Crippen molar-refractivity contribution in [3.8, 4) is 5.75 Å². The van der Waals surface area contributed by atoms with Gasteiger partial charge in [-0.05, 0) is 25.0 Å². The molecule has 0 unspecified atom stereocenters. The van der Waals surface area contributed by atoms with Gasteiger partial charge in [0.05, 0.1) is 13.0 Å². The Kier molecular flexibility index (Phi) is 4.98. The highest BCUT2D eigenvalue weighted by molar-refractivity contribution is 5.76. The molecule has 0 aliphatic carbocycles. The van der Waals surface area contributed by atoms with Crippen molar-refractivity contribution < 1.29 is 18.4 Å². The Bertz CT molecular complexity index is 747. The topological polar surface area (TPSA) is 75.5 Å². The van der Waals surface area contributed by atoms with E-state index in [0.717, 1.165) is 12.8 Å². The normalized spacial score (nSPS) is 15.5. The van der Waals surface area contributed by atoms with Crippen molar-refractivity contribution in [2.75, 3.05) is 19.7 Å². The number of aromatic nitrogens is 1. The van der Waals surface area contributed by atoms with E-state index in [-0.39, 0.29) is 36.2 Å². The van der Waals surface area contributed by atoms with Crippen molar-refractivity contribution in [3.63, 3.8) is 0 Å². The molecule has 2 aromatic rings. The smallest absolute Gasteiger partial charge is 0.280 e. The van der Waals surface area contributed by atoms with Crippen LogP contribution in [0.5, 0.6) is 5.75 Å². The van der Waals surface area contributed by atoms with E-state index in [4.69, 9.17) is 9.26 Å². The van der Waals surface area contributed by atoms with Gasteiger partial charge in [0, 0.05) is 25.1 Å². The summed E-state index contributed by atoms with van der Waals surface area (Å²) >= 11 is 0. The molecule has 1 aliphatic heterocycles. The fourth-order valence-electron chi connectivity index (χ4n) is 2.88. The Hall–Kier alpha value is -2.57. The van der Waals surface area contributed by atoms with Crippen LogP contribution in [-0.4, -0.2) is 35.7 Å². The minimum atomic E-state index is -0.432. The lowest BCUT2D eigenvalue weighted by Gasteiger charge is -2.30. The Morgan fingerprint density at radius 2 is 2.08 bits per heavy atom. The number of nitrogens with one attached hydrogen (secondary N) is 1. The number of para-hydroxylation sites is 1. The van der Waals surface area contributed by atoms with Crippen LogP contribution in [-0.2, 0) is 4.79 Å². The minimum Gasteiger partial charge on any atom is -0.490 e. The number of likely N-dealkylation sites (tertiary alicyclic amines) is 1. The Morgan fingerprint density at radius 1 is 1.33 bits per heavy atom. The van der Waals surface area contributed by atoms with Gasteiger partial charge in [-0.15, -0.1) is 0 Å². The van der Waals surface area contributed by atoms with Gasteiger partial charge in [-0.1, -0.05) is 12.1 Å². The summed E-state index contributed by atoms with van der Waals surface area (Å²) in [6, 6.07) is 7.59. The van der Waals surface area contributed by atoms with Gasteiger partial charge >= 0.3 is 0 Å². The summed E-state index contributed by atoms with van der Waals surface area (Å²) < 4.78 is 23.9. The molecule has 1 saturated heterocycles. The maximum Gasteiger partial charge on any atom is 0.280 e. The predicted octanol–water partition coefficient (Wildman–Crippen LogP) is 2.28. The second-order valence-corrected chi connectivity index (χ2v) is 5.80. The molecule has 1 aliphatic rings. The van der Waals surface area contributed by atoms with Crippen LogP contribution in [0.1, 0.15) is 30.9 Å². The number of rotatable bonds is 5. The molecule has 24 heavy (non-hydrogen) atoms. The van der Waals surface area contributed by atoms with E-state index in [2.05, 4.69) is 5.16 Å². The number of H-pyrrole nitrogens is 1. The number of aromatic amines is 1. The molecule has 1 aromatic carbocycles. The third kappa shape index (κ3) is 3.84. The molecule has 6 nitrogen and oxygen atoms in total. The maximum atomic E-state index is 13.4. The quantitative estimate of drug-likeness (QED) is 0.910. The molecule has 1 fully saturated rings. The summed E-state index contributed by atoms with van der Waals surface area (Å²) in [4.78, 5) is 25.1. The zero-order chi connectivity index (χ0) is 16.9. The third-order valence-electron chi connectivity index (χ3n) is 4.20. The summed E-state index contributed by atoms with van der Waals surface area (Å²) in [5.41, 5.74) is -0.242. The van der Waals surface area contributed by atoms with Gasteiger partial charge in [0.1, 0.15) is 5.76 Å². The van der Waals surface area contributed by atoms with Gasteiger partial charge in [0.2, 0.25) is 5.91 Å². The number of nitrogens with zero attached hydrogens (tertiary/aromatic N) is 1. The summed E-state index contributed by atoms with van der Waals surface area (Å²) in [5, 5.41) is 2.29. The number of benzene rings is 1. The predicted molar refractivity (Wildman–Crippen MR) is 84.4 cm³/mol. The second kappa shape index (κ2) is 7.33. The average Bonchev–Trinajstić information content (AvgIpc) is 3.03. The fourth-order valence-corrected chi connectivity index (χ4v) is 2.88. The van der Waals surface area contributed by atoms with Crippen molar-refractivity contribution in [2.24, 2.45) is 0 Å². The minimum absolute atomic E-state index is 0.0136. The van der Waals surface area contributed by atoms with Gasteiger partial charge in [-0.2, -0.15) is 5.16 Å². The molecule has 0 bridgehead atoms. The number of carbonyl (C=O) groups excluding carboxylic acids is 1. The van der Waals surface area contributed by atoms with Gasteiger partial charge in [0.15, 0.2) is 11.6 Å². The van der Waals surface area contributed by atoms with Crippen molar-refractivity contribution in [1.29, 1.82) is 0 Å². The number of halogens is 1. The molecular weight excluding hydrogens is 315 g/mol. The van der Waals surface area contributed by atoms with E-state index in [9.17, 15) is 14.0 Å². The molecule has 1 N–H and O–H groups in total. The van der Waals surface area contributed by atoms with Crippen LogP contribution in [0.2, 0.25) is 0 Å². The number of hydrogen-bond acceptors (Lipinski definition) is 4. The van der Waals surface area contributed by atoms with Crippen LogP contribution in [0.4, 0.5) is 4.39 Å². The lowest BCUT2D eigenvalue weighted by Crippen LogP contribution is -2.38. The van der Waals surface area contributed by atoms with Crippen LogP contribution in [0, 0.1) is 5.82 Å². The van der Waals surface area contributed by atoms with Crippen LogP contribution in [0.25, 0.3) is 0 Å². The fraction of sp³-hybridized carbons (Fsp3) is 0.412. The highest BCUT2D eigenvalue weighted by atomic mass is 19.1. The zero-order valence-electron chi connectivity index (χ0n) is 13.2. The largest absolute Gasteiger partial charge is 0.490 e. The molecule has 7 heteroatoms. The summed E-state index contributed by atoms with van der Waals surface area (Å²) in [6.45, 7) is 1.36. The van der Waals surface area contributed by atoms with E-state index in [1.807, 2.05) is 0 Å². The molecule has 1 aromatic heterocycles. The highest BCUT2D eigenvalue weighted by Gasteiger charge is 2.25. The standard InChI is InChI=1S/C17H19FN2O4/c18-13-3-1-2-4-14(13)23-10-7-17(22)20-8-5-12(6-9-20)15-11-16(21)19-24-15/h1-4,11-12H,5-10H2,(H,19,21). The van der Waals surface area contributed by atoms with Crippen LogP contribution >= 0.6 is 0 Å². The monoisotopic (exact) mass is 334 g/mol. The van der Waals surface area contributed by atoms with Crippen molar-refractivity contribution >= 4 is 5.91 Å². The first kappa shape index (κ1) is 16.3. The van der Waals surface area contributed by atoms with Gasteiger partial charge in [-0.25, -0.2) is 4.39 Å². The first-order chi connectivity index (χ1) is 11.6. The molecule has 0 atom stereocenters. The summed E-state index contributed by atoms with van der Waals surface area (Å²) in [6.07, 6.45) is 1.71. The lowest BCUT2D eigenvalue weighted by molar-refractivity contribution is -0.132. The van der Waals surface area contributed by atoms with Crippen molar-refractivity contribution in [3.05, 3.63) is 52.3 Å². The van der Waals surface area contributed by atoms with E-state index in [1.165, 1.54) is 18.2 Å². The van der Waals surface area contributed by atoms with E-state index < -0.39 is 5.82 Å². The third-order valence-corrected chi connectivity index (χ3v) is 4.20. The summed E-state index contributed by atoms with van der Waals surface area (Å²) in [5.74, 6) is 0.517. The molecular formula is C17H19FN2O4. The Labute approximate surface area is 138 Å². The first-order valence-electron chi connectivity index (χ1n) is 7.97. The second-order valence-electron chi connectivity index (χ2n) is 5.80. The lowest BCUT2D eigenvalue weighted by atomic mass is 9.94. The Morgan fingerprint density at radius 3 is 2.75 bits per heavy atom. The molecule has 2 heterocycles. The van der Waals surface area contributed by atoms with Crippen molar-refractivity contribution in [2.45, 2.75) is 25.2 Å². The van der Waals surface area contributed by atoms with Gasteiger partial charge < -0.3 is 14.2 Å². The van der Waals surface area contributed by atoms with Crippen molar-refractivity contribution in [1.82, 2.24) is 10.1 Å². The highest BCUT2D eigenvalue weighted by Crippen LogP contribution is 2.27. The zero-order valence-corrected chi connectivity index (χ0v) is 13.2. The molecule has 0 radical (unpaired) electrons. The number of ether oxygens (including phenoxy) is 1. The SMILES string of the molecule is O=C(CCOc1ccccc1F)N1CCC(c2cc(=O)[nH]o2)CC1. The molecule has 0 saturated carbocycles. The average molecular weight is 334 g/mol. The number of piperidine rings is 1. The molecule has 1 amide bonds. The first-order valence-corrected chi connectivity index (χ1v) is 7.97. The Balaban J connectivity index is 1.44. The van der Waals surface area contributed by atoms with Crippen LogP contribution < -0.4 is 10.3 Å². The number of amides is 1. The van der Waals surface area contributed by atoms with Crippen LogP contribution in [0.3, 0.4) is 0 Å². The van der Waals surface area contributed by atoms with Gasteiger partial charge in [-0.3, -0.25) is 9.59 Å². The maximum absolute atomic E-state index is 13.4. The summed E-state index contributed by atoms with van der Waals surface area (Å²) in [7, 11) is 0. The van der Waals surface area contributed by atoms with Crippen LogP contribution in [0.15, 0.2) is 39.6 Å². The van der Waals surface area contributed by atoms with E-state index in [0.29, 0.717) is 18.8 Å². The number of carbonyl (C=O) groups is 1.